The highest BCUT2D eigenvalue weighted by Crippen LogP contribution is 2.30. The monoisotopic (exact) mass is 262 g/mol. The van der Waals surface area contributed by atoms with Crippen LogP contribution in [0.5, 0.6) is 11.5 Å². The largest absolute Gasteiger partial charge is 0.493 e. The summed E-state index contributed by atoms with van der Waals surface area (Å²) in [7, 11) is 0. The average Bonchev–Trinajstić information content (AvgIpc) is 2.85. The molecule has 0 radical (unpaired) electrons. The number of hydrogen-bond donors (Lipinski definition) is 0. The second-order valence-electron chi connectivity index (χ2n) is 4.36. The summed E-state index contributed by atoms with van der Waals surface area (Å²) in [6, 6.07) is 9.21. The maximum absolute atomic E-state index is 13.4. The van der Waals surface area contributed by atoms with Gasteiger partial charge < -0.3 is 9.47 Å². The van der Waals surface area contributed by atoms with Crippen LogP contribution in [0.4, 0.5) is 8.78 Å². The van der Waals surface area contributed by atoms with E-state index in [1.807, 2.05) is 6.07 Å². The molecule has 0 atom stereocenters. The quantitative estimate of drug-likeness (QED) is 0.843. The molecule has 0 fully saturated rings. The second kappa shape index (κ2) is 4.88. The van der Waals surface area contributed by atoms with Gasteiger partial charge in [-0.25, -0.2) is 8.78 Å². The van der Waals surface area contributed by atoms with Crippen LogP contribution in [0.3, 0.4) is 0 Å². The van der Waals surface area contributed by atoms with Crippen LogP contribution in [0.1, 0.15) is 11.1 Å². The first-order valence-corrected chi connectivity index (χ1v) is 6.05. The van der Waals surface area contributed by atoms with Gasteiger partial charge in [0.25, 0.3) is 0 Å². The number of fused-ring (bicyclic) bond motifs is 1. The Labute approximate surface area is 109 Å². The number of hydrogen-bond acceptors (Lipinski definition) is 2. The molecule has 3 rings (SSSR count). The maximum Gasteiger partial charge on any atom is 0.132 e. The van der Waals surface area contributed by atoms with Gasteiger partial charge in [-0.2, -0.15) is 0 Å². The number of benzene rings is 2. The second-order valence-corrected chi connectivity index (χ2v) is 4.36. The fraction of sp³-hybridized carbons (Fsp3) is 0.200. The van der Waals surface area contributed by atoms with Crippen molar-refractivity contribution in [2.45, 2.75) is 13.0 Å². The van der Waals surface area contributed by atoms with Crippen LogP contribution in [0.15, 0.2) is 36.4 Å². The summed E-state index contributed by atoms with van der Waals surface area (Å²) in [6.07, 6.45) is 0.886. The van der Waals surface area contributed by atoms with E-state index in [0.717, 1.165) is 17.7 Å². The third-order valence-electron chi connectivity index (χ3n) is 3.11. The van der Waals surface area contributed by atoms with E-state index < -0.39 is 11.6 Å². The molecule has 0 N–H and O–H groups in total. The fourth-order valence-corrected chi connectivity index (χ4v) is 2.06. The molecule has 2 aromatic carbocycles. The Balaban J connectivity index is 1.76. The van der Waals surface area contributed by atoms with Crippen molar-refractivity contribution in [3.63, 3.8) is 0 Å². The van der Waals surface area contributed by atoms with Gasteiger partial charge in [-0.15, -0.1) is 0 Å². The van der Waals surface area contributed by atoms with Crippen LogP contribution >= 0.6 is 0 Å². The van der Waals surface area contributed by atoms with Crippen molar-refractivity contribution in [1.82, 2.24) is 0 Å². The highest BCUT2D eigenvalue weighted by Gasteiger charge is 2.13. The van der Waals surface area contributed by atoms with Crippen molar-refractivity contribution in [2.75, 3.05) is 6.61 Å². The van der Waals surface area contributed by atoms with Gasteiger partial charge in [0.05, 0.1) is 12.2 Å². The summed E-state index contributed by atoms with van der Waals surface area (Å²) in [6.45, 7) is 0.526. The summed E-state index contributed by atoms with van der Waals surface area (Å²) in [5.74, 6) is 0.129. The minimum Gasteiger partial charge on any atom is -0.493 e. The molecule has 4 heteroatoms. The van der Waals surface area contributed by atoms with E-state index in [9.17, 15) is 8.78 Å². The molecule has 98 valence electrons. The summed E-state index contributed by atoms with van der Waals surface area (Å²) < 4.78 is 37.7. The van der Waals surface area contributed by atoms with E-state index in [0.29, 0.717) is 12.4 Å². The van der Waals surface area contributed by atoms with Gasteiger partial charge >= 0.3 is 0 Å². The Kier molecular flexibility index (Phi) is 3.07. The van der Waals surface area contributed by atoms with Crippen LogP contribution < -0.4 is 9.47 Å². The molecule has 0 unspecified atom stereocenters. The lowest BCUT2D eigenvalue weighted by molar-refractivity contribution is 0.290. The van der Waals surface area contributed by atoms with Gasteiger partial charge in [-0.05, 0) is 23.8 Å². The highest BCUT2D eigenvalue weighted by molar-refractivity contribution is 5.42. The minimum absolute atomic E-state index is 0.0658. The Morgan fingerprint density at radius 2 is 1.89 bits per heavy atom. The molecule has 0 aliphatic carbocycles. The smallest absolute Gasteiger partial charge is 0.132 e. The fourth-order valence-electron chi connectivity index (χ4n) is 2.06. The van der Waals surface area contributed by atoms with Crippen molar-refractivity contribution >= 4 is 0 Å². The first-order valence-electron chi connectivity index (χ1n) is 6.05. The lowest BCUT2D eigenvalue weighted by Crippen LogP contribution is -2.01. The molecule has 1 aliphatic rings. The molecule has 0 bridgehead atoms. The Bertz CT molecular complexity index is 591. The van der Waals surface area contributed by atoms with Crippen LogP contribution in [0, 0.1) is 11.6 Å². The maximum atomic E-state index is 13.4. The number of ether oxygens (including phenoxy) is 2. The van der Waals surface area contributed by atoms with Crippen molar-refractivity contribution in [3.05, 3.63) is 59.2 Å². The predicted octanol–water partition coefficient (Wildman–Crippen LogP) is 3.48. The highest BCUT2D eigenvalue weighted by atomic mass is 19.1. The van der Waals surface area contributed by atoms with Gasteiger partial charge in [0.15, 0.2) is 0 Å². The first-order chi connectivity index (χ1) is 9.24. The van der Waals surface area contributed by atoms with Crippen LogP contribution in [0.2, 0.25) is 0 Å². The normalized spacial score (nSPS) is 12.9. The van der Waals surface area contributed by atoms with Crippen LogP contribution in [-0.2, 0) is 13.0 Å². The Hall–Kier alpha value is -2.10. The molecule has 2 aromatic rings. The van der Waals surface area contributed by atoms with E-state index in [1.54, 1.807) is 12.1 Å². The third kappa shape index (κ3) is 2.38. The van der Waals surface area contributed by atoms with E-state index in [1.165, 1.54) is 18.2 Å². The minimum atomic E-state index is -0.600. The molecule has 0 spiro atoms. The molecule has 1 heterocycles. The summed E-state index contributed by atoms with van der Waals surface area (Å²) in [5.41, 5.74) is 1.06. The van der Waals surface area contributed by atoms with Crippen molar-refractivity contribution in [2.24, 2.45) is 0 Å². The topological polar surface area (TPSA) is 18.5 Å². The standard InChI is InChI=1S/C15H12F2O2/c16-13-2-1-3-14(17)12(13)9-19-11-5-4-10-6-7-18-15(10)8-11/h1-5,8H,6-7,9H2. The summed E-state index contributed by atoms with van der Waals surface area (Å²) in [5, 5.41) is 0. The SMILES string of the molecule is Fc1cccc(F)c1COc1ccc2c(c1)OCC2. The first kappa shape index (κ1) is 12.0. The molecule has 0 saturated heterocycles. The Morgan fingerprint density at radius 1 is 1.11 bits per heavy atom. The van der Waals surface area contributed by atoms with E-state index in [4.69, 9.17) is 9.47 Å². The molecule has 19 heavy (non-hydrogen) atoms. The van der Waals surface area contributed by atoms with Gasteiger partial charge in [0, 0.05) is 12.5 Å². The summed E-state index contributed by atoms with van der Waals surface area (Å²) >= 11 is 0. The number of halogens is 2. The van der Waals surface area contributed by atoms with Gasteiger partial charge in [-0.1, -0.05) is 12.1 Å². The van der Waals surface area contributed by atoms with Crippen LogP contribution in [-0.4, -0.2) is 6.61 Å². The van der Waals surface area contributed by atoms with Crippen LogP contribution in [0.25, 0.3) is 0 Å². The number of rotatable bonds is 3. The van der Waals surface area contributed by atoms with E-state index >= 15 is 0 Å². The van der Waals surface area contributed by atoms with E-state index in [-0.39, 0.29) is 12.2 Å². The summed E-state index contributed by atoms with van der Waals surface area (Å²) in [4.78, 5) is 0. The van der Waals surface area contributed by atoms with Crippen molar-refractivity contribution < 1.29 is 18.3 Å². The zero-order valence-corrected chi connectivity index (χ0v) is 10.2. The van der Waals surface area contributed by atoms with Gasteiger partial charge in [-0.3, -0.25) is 0 Å². The zero-order valence-electron chi connectivity index (χ0n) is 10.2. The lowest BCUT2D eigenvalue weighted by Gasteiger charge is -2.09. The molecule has 2 nitrogen and oxygen atoms in total. The zero-order chi connectivity index (χ0) is 13.2. The lowest BCUT2D eigenvalue weighted by atomic mass is 10.1. The van der Waals surface area contributed by atoms with E-state index in [2.05, 4.69) is 0 Å². The van der Waals surface area contributed by atoms with Gasteiger partial charge in [0.1, 0.15) is 29.7 Å². The molecular formula is C15H12F2O2. The molecule has 0 saturated carbocycles. The van der Waals surface area contributed by atoms with Crippen molar-refractivity contribution in [3.8, 4) is 11.5 Å². The molecular weight excluding hydrogens is 250 g/mol. The molecule has 0 amide bonds. The average molecular weight is 262 g/mol. The van der Waals surface area contributed by atoms with Crippen molar-refractivity contribution in [1.29, 1.82) is 0 Å². The molecule has 1 aliphatic heterocycles. The molecule has 0 aromatic heterocycles. The third-order valence-corrected chi connectivity index (χ3v) is 3.11. The van der Waals surface area contributed by atoms with Gasteiger partial charge in [0.2, 0.25) is 0 Å². The Morgan fingerprint density at radius 3 is 2.68 bits per heavy atom. The predicted molar refractivity (Wildman–Crippen MR) is 66.3 cm³/mol.